The average molecular weight is 310 g/mol. The van der Waals surface area contributed by atoms with Crippen molar-refractivity contribution in [2.75, 3.05) is 26.2 Å². The van der Waals surface area contributed by atoms with E-state index in [2.05, 4.69) is 24.1 Å². The van der Waals surface area contributed by atoms with Gasteiger partial charge in [-0.05, 0) is 32.1 Å². The van der Waals surface area contributed by atoms with Crippen LogP contribution in [0.25, 0.3) is 0 Å². The Balaban J connectivity index is 1.76. The Morgan fingerprint density at radius 2 is 1.73 bits per heavy atom. The predicted molar refractivity (Wildman–Crippen MR) is 86.2 cm³/mol. The molecule has 0 aromatic rings. The first-order chi connectivity index (χ1) is 10.4. The molecule has 3 N–H and O–H groups in total. The fraction of sp³-hybridized carbons (Fsp3) is 0.875. The standard InChI is InChI=1S/C16H30N4O2/c1-11(2)10-14(17)16(22)20-8-6-19(7-9-20)12(3)15(21)18-13-4-5-13/h11-14H,4-10,17H2,1-3H3,(H,18,21)/t12?,14-/m0/s1. The molecule has 1 aliphatic carbocycles. The van der Waals surface area contributed by atoms with Gasteiger partial charge in [0, 0.05) is 32.2 Å². The van der Waals surface area contributed by atoms with Gasteiger partial charge >= 0.3 is 0 Å². The van der Waals surface area contributed by atoms with Gasteiger partial charge < -0.3 is 16.0 Å². The molecule has 1 saturated carbocycles. The summed E-state index contributed by atoms with van der Waals surface area (Å²) < 4.78 is 0. The lowest BCUT2D eigenvalue weighted by Gasteiger charge is -2.38. The number of carbonyl (C=O) groups excluding carboxylic acids is 2. The van der Waals surface area contributed by atoms with Gasteiger partial charge in [-0.3, -0.25) is 14.5 Å². The van der Waals surface area contributed by atoms with E-state index >= 15 is 0 Å². The van der Waals surface area contributed by atoms with E-state index in [0.717, 1.165) is 32.4 Å². The zero-order chi connectivity index (χ0) is 16.3. The highest BCUT2D eigenvalue weighted by Gasteiger charge is 2.31. The van der Waals surface area contributed by atoms with E-state index in [1.54, 1.807) is 0 Å². The Hall–Kier alpha value is -1.14. The van der Waals surface area contributed by atoms with Crippen molar-refractivity contribution in [2.45, 2.75) is 58.2 Å². The van der Waals surface area contributed by atoms with Crippen molar-refractivity contribution in [3.8, 4) is 0 Å². The van der Waals surface area contributed by atoms with Gasteiger partial charge in [-0.1, -0.05) is 13.8 Å². The van der Waals surface area contributed by atoms with Crippen LogP contribution in [-0.4, -0.2) is 65.9 Å². The maximum Gasteiger partial charge on any atom is 0.239 e. The highest BCUT2D eigenvalue weighted by Crippen LogP contribution is 2.19. The van der Waals surface area contributed by atoms with Crippen LogP contribution < -0.4 is 11.1 Å². The van der Waals surface area contributed by atoms with Crippen LogP contribution in [0, 0.1) is 5.92 Å². The molecular weight excluding hydrogens is 280 g/mol. The first kappa shape index (κ1) is 17.2. The van der Waals surface area contributed by atoms with E-state index in [4.69, 9.17) is 5.73 Å². The molecule has 0 radical (unpaired) electrons. The van der Waals surface area contributed by atoms with E-state index in [0.29, 0.717) is 25.0 Å². The number of carbonyl (C=O) groups is 2. The van der Waals surface area contributed by atoms with E-state index < -0.39 is 6.04 Å². The second-order valence-corrected chi connectivity index (χ2v) is 7.06. The number of amides is 2. The second kappa shape index (κ2) is 7.42. The van der Waals surface area contributed by atoms with Crippen LogP contribution in [0.5, 0.6) is 0 Å². The third-order valence-electron chi connectivity index (χ3n) is 4.52. The quantitative estimate of drug-likeness (QED) is 0.733. The summed E-state index contributed by atoms with van der Waals surface area (Å²) >= 11 is 0. The van der Waals surface area contributed by atoms with E-state index in [1.807, 2.05) is 11.8 Å². The summed E-state index contributed by atoms with van der Waals surface area (Å²) in [5, 5.41) is 3.04. The molecule has 2 amide bonds. The number of rotatable bonds is 6. The van der Waals surface area contributed by atoms with Gasteiger partial charge in [0.15, 0.2) is 0 Å². The summed E-state index contributed by atoms with van der Waals surface area (Å²) in [7, 11) is 0. The lowest BCUT2D eigenvalue weighted by atomic mass is 10.0. The van der Waals surface area contributed by atoms with Crippen LogP contribution in [0.2, 0.25) is 0 Å². The lowest BCUT2D eigenvalue weighted by Crippen LogP contribution is -2.57. The minimum atomic E-state index is -0.401. The van der Waals surface area contributed by atoms with Crippen LogP contribution in [0.3, 0.4) is 0 Å². The number of hydrogen-bond acceptors (Lipinski definition) is 4. The Morgan fingerprint density at radius 1 is 1.14 bits per heavy atom. The van der Waals surface area contributed by atoms with Gasteiger partial charge in [0.05, 0.1) is 12.1 Å². The van der Waals surface area contributed by atoms with Crippen LogP contribution in [0.1, 0.15) is 40.0 Å². The van der Waals surface area contributed by atoms with Gasteiger partial charge in [0.25, 0.3) is 0 Å². The molecule has 1 heterocycles. The fourth-order valence-corrected chi connectivity index (χ4v) is 2.89. The van der Waals surface area contributed by atoms with Gasteiger partial charge in [-0.25, -0.2) is 0 Å². The first-order valence-corrected chi connectivity index (χ1v) is 8.47. The molecule has 0 aromatic carbocycles. The summed E-state index contributed by atoms with van der Waals surface area (Å²) in [6.07, 6.45) is 2.93. The normalized spacial score (nSPS) is 22.5. The minimum absolute atomic E-state index is 0.0448. The van der Waals surface area contributed by atoms with E-state index in [1.165, 1.54) is 0 Å². The largest absolute Gasteiger partial charge is 0.352 e. The molecule has 2 atom stereocenters. The molecule has 2 aliphatic rings. The zero-order valence-corrected chi connectivity index (χ0v) is 14.0. The van der Waals surface area contributed by atoms with Gasteiger partial charge in [-0.15, -0.1) is 0 Å². The van der Waals surface area contributed by atoms with Gasteiger partial charge in [0.2, 0.25) is 11.8 Å². The molecule has 22 heavy (non-hydrogen) atoms. The number of piperazine rings is 1. The maximum absolute atomic E-state index is 12.3. The van der Waals surface area contributed by atoms with Crippen molar-refractivity contribution in [3.05, 3.63) is 0 Å². The zero-order valence-electron chi connectivity index (χ0n) is 14.0. The van der Waals surface area contributed by atoms with Crippen LogP contribution >= 0.6 is 0 Å². The SMILES string of the molecule is CC(C)C[C@H](N)C(=O)N1CCN(C(C)C(=O)NC2CC2)CC1. The Morgan fingerprint density at radius 3 is 2.23 bits per heavy atom. The van der Waals surface area contributed by atoms with Crippen molar-refractivity contribution in [1.29, 1.82) is 0 Å². The number of nitrogens with zero attached hydrogens (tertiary/aromatic N) is 2. The fourth-order valence-electron chi connectivity index (χ4n) is 2.89. The van der Waals surface area contributed by atoms with Crippen LogP contribution in [-0.2, 0) is 9.59 Å². The molecule has 126 valence electrons. The molecule has 6 heteroatoms. The molecule has 6 nitrogen and oxygen atoms in total. The third-order valence-corrected chi connectivity index (χ3v) is 4.52. The molecule has 2 fully saturated rings. The van der Waals surface area contributed by atoms with Crippen molar-refractivity contribution >= 4 is 11.8 Å². The second-order valence-electron chi connectivity index (χ2n) is 7.06. The Bertz CT molecular complexity index is 401. The van der Waals surface area contributed by atoms with Crippen molar-refractivity contribution in [1.82, 2.24) is 15.1 Å². The van der Waals surface area contributed by atoms with Crippen molar-refractivity contribution < 1.29 is 9.59 Å². The van der Waals surface area contributed by atoms with Gasteiger partial charge in [-0.2, -0.15) is 0 Å². The van der Waals surface area contributed by atoms with E-state index in [-0.39, 0.29) is 17.9 Å². The lowest BCUT2D eigenvalue weighted by molar-refractivity contribution is -0.135. The third kappa shape index (κ3) is 4.68. The molecule has 1 aliphatic heterocycles. The van der Waals surface area contributed by atoms with Crippen molar-refractivity contribution in [3.63, 3.8) is 0 Å². The highest BCUT2D eigenvalue weighted by molar-refractivity contribution is 5.82. The first-order valence-electron chi connectivity index (χ1n) is 8.47. The minimum Gasteiger partial charge on any atom is -0.352 e. The molecule has 0 aromatic heterocycles. The van der Waals surface area contributed by atoms with Crippen molar-refractivity contribution in [2.24, 2.45) is 11.7 Å². The number of hydrogen-bond donors (Lipinski definition) is 2. The number of nitrogens with one attached hydrogen (secondary N) is 1. The monoisotopic (exact) mass is 310 g/mol. The predicted octanol–water partition coefficient (Wildman–Crippen LogP) is 0.171. The van der Waals surface area contributed by atoms with E-state index in [9.17, 15) is 9.59 Å². The average Bonchev–Trinajstić information content (AvgIpc) is 3.29. The van der Waals surface area contributed by atoms with Crippen LogP contribution in [0.4, 0.5) is 0 Å². The molecule has 2 rings (SSSR count). The summed E-state index contributed by atoms with van der Waals surface area (Å²) in [6.45, 7) is 8.88. The topological polar surface area (TPSA) is 78.7 Å². The Kier molecular flexibility index (Phi) is 5.81. The number of nitrogens with two attached hydrogens (primary N) is 1. The molecular formula is C16H30N4O2. The van der Waals surface area contributed by atoms with Gasteiger partial charge in [0.1, 0.15) is 0 Å². The Labute approximate surface area is 133 Å². The molecule has 0 spiro atoms. The summed E-state index contributed by atoms with van der Waals surface area (Å²) in [6, 6.07) is -0.129. The summed E-state index contributed by atoms with van der Waals surface area (Å²) in [4.78, 5) is 28.4. The van der Waals surface area contributed by atoms with Crippen LogP contribution in [0.15, 0.2) is 0 Å². The highest BCUT2D eigenvalue weighted by atomic mass is 16.2. The maximum atomic E-state index is 12.3. The summed E-state index contributed by atoms with van der Waals surface area (Å²) in [5.74, 6) is 0.577. The molecule has 1 unspecified atom stereocenters. The smallest absolute Gasteiger partial charge is 0.239 e. The molecule has 0 bridgehead atoms. The molecule has 1 saturated heterocycles. The summed E-state index contributed by atoms with van der Waals surface area (Å²) in [5.41, 5.74) is 5.98.